The van der Waals surface area contributed by atoms with Gasteiger partial charge < -0.3 is 4.74 Å². The van der Waals surface area contributed by atoms with Crippen LogP contribution in [0.25, 0.3) is 0 Å². The summed E-state index contributed by atoms with van der Waals surface area (Å²) in [6.45, 7) is 5.92. The van der Waals surface area contributed by atoms with Crippen LogP contribution in [0.2, 0.25) is 0 Å². The fraction of sp³-hybridized carbons (Fsp3) is 0.529. The predicted molar refractivity (Wildman–Crippen MR) is 150 cm³/mol. The van der Waals surface area contributed by atoms with E-state index >= 15 is 0 Å². The molecule has 0 amide bonds. The van der Waals surface area contributed by atoms with E-state index in [0.717, 1.165) is 36.7 Å². The quantitative estimate of drug-likeness (QED) is 0.275. The molecule has 0 aliphatic heterocycles. The maximum Gasteiger partial charge on any atom is 0.383 e. The molecule has 0 spiro atoms. The van der Waals surface area contributed by atoms with Gasteiger partial charge in [0.2, 0.25) is 0 Å². The Kier molecular flexibility index (Phi) is 10.1. The lowest BCUT2D eigenvalue weighted by Crippen LogP contribution is -2.20. The summed E-state index contributed by atoms with van der Waals surface area (Å²) in [4.78, 5) is 0. The zero-order valence-corrected chi connectivity index (χ0v) is 22.5. The molecule has 0 atom stereocenters. The van der Waals surface area contributed by atoms with Gasteiger partial charge in [-0.15, -0.1) is 6.58 Å². The van der Waals surface area contributed by atoms with Crippen LogP contribution in [-0.2, 0) is 17.3 Å². The van der Waals surface area contributed by atoms with Crippen LogP contribution in [0.5, 0.6) is 0 Å². The molecule has 0 radical (unpaired) electrons. The van der Waals surface area contributed by atoms with Crippen LogP contribution in [0, 0.1) is 11.8 Å². The zero-order chi connectivity index (χ0) is 26.1. The van der Waals surface area contributed by atoms with Crippen molar-refractivity contribution in [2.75, 3.05) is 6.61 Å². The van der Waals surface area contributed by atoms with E-state index in [0.29, 0.717) is 18.3 Å². The van der Waals surface area contributed by atoms with Gasteiger partial charge in [0.25, 0.3) is 0 Å². The van der Waals surface area contributed by atoms with Gasteiger partial charge in [-0.1, -0.05) is 66.8 Å². The summed E-state index contributed by atoms with van der Waals surface area (Å²) in [6, 6.07) is 15.4. The van der Waals surface area contributed by atoms with E-state index in [-0.39, 0.29) is 12.2 Å². The molecule has 2 aromatic carbocycles. The highest BCUT2D eigenvalue weighted by Crippen LogP contribution is 2.39. The highest BCUT2D eigenvalue weighted by atomic mass is 19.3. The third-order valence-corrected chi connectivity index (χ3v) is 8.71. The van der Waals surface area contributed by atoms with Crippen LogP contribution < -0.4 is 0 Å². The van der Waals surface area contributed by atoms with Crippen LogP contribution in [0.1, 0.15) is 105 Å². The maximum atomic E-state index is 14.8. The van der Waals surface area contributed by atoms with E-state index in [1.165, 1.54) is 56.1 Å². The second-order valence-corrected chi connectivity index (χ2v) is 11.2. The molecule has 2 saturated carbocycles. The molecule has 2 aliphatic carbocycles. The average molecular weight is 507 g/mol. The van der Waals surface area contributed by atoms with E-state index in [9.17, 15) is 8.78 Å². The normalized spacial score (nSPS) is 24.8. The Labute approximate surface area is 223 Å². The topological polar surface area (TPSA) is 9.23 Å². The van der Waals surface area contributed by atoms with Crippen molar-refractivity contribution < 1.29 is 13.5 Å². The van der Waals surface area contributed by atoms with Gasteiger partial charge in [-0.05, 0) is 118 Å². The number of allylic oxidation sites excluding steroid dienone is 3. The Morgan fingerprint density at radius 2 is 1.41 bits per heavy atom. The number of hydrogen-bond donors (Lipinski definition) is 0. The molecule has 0 aromatic heterocycles. The van der Waals surface area contributed by atoms with Gasteiger partial charge >= 0.3 is 6.11 Å². The highest BCUT2D eigenvalue weighted by Gasteiger charge is 2.33. The summed E-state index contributed by atoms with van der Waals surface area (Å²) < 4.78 is 34.6. The molecule has 37 heavy (non-hydrogen) atoms. The van der Waals surface area contributed by atoms with E-state index in [4.69, 9.17) is 4.74 Å². The first kappa shape index (κ1) is 27.8. The van der Waals surface area contributed by atoms with Crippen LogP contribution in [-0.4, -0.2) is 6.61 Å². The lowest BCUT2D eigenvalue weighted by Gasteiger charge is -2.29. The molecule has 2 aromatic rings. The fourth-order valence-electron chi connectivity index (χ4n) is 6.34. The number of benzene rings is 2. The van der Waals surface area contributed by atoms with Gasteiger partial charge in [0.1, 0.15) is 0 Å². The first-order valence-electron chi connectivity index (χ1n) is 14.4. The van der Waals surface area contributed by atoms with Crippen molar-refractivity contribution in [1.82, 2.24) is 0 Å². The van der Waals surface area contributed by atoms with Gasteiger partial charge in [-0.3, -0.25) is 0 Å². The van der Waals surface area contributed by atoms with Gasteiger partial charge in [0.05, 0.1) is 12.2 Å². The molecular weight excluding hydrogens is 462 g/mol. The van der Waals surface area contributed by atoms with Crippen molar-refractivity contribution in [2.45, 2.75) is 95.5 Å². The Morgan fingerprint density at radius 3 is 1.97 bits per heavy atom. The minimum atomic E-state index is -3.27. The second kappa shape index (κ2) is 13.5. The lowest BCUT2D eigenvalue weighted by atomic mass is 9.77. The van der Waals surface area contributed by atoms with Crippen LogP contribution >= 0.6 is 0 Å². The highest BCUT2D eigenvalue weighted by molar-refractivity contribution is 5.28. The number of alkyl halides is 2. The molecule has 2 aliphatic rings. The molecule has 0 unspecified atom stereocenters. The zero-order valence-electron chi connectivity index (χ0n) is 22.5. The average Bonchev–Trinajstić information content (AvgIpc) is 2.93. The van der Waals surface area contributed by atoms with E-state index in [1.54, 1.807) is 12.1 Å². The summed E-state index contributed by atoms with van der Waals surface area (Å²) in [7, 11) is 0. The molecule has 0 heterocycles. The summed E-state index contributed by atoms with van der Waals surface area (Å²) in [5.41, 5.74) is 3.54. The third kappa shape index (κ3) is 7.87. The Bertz CT molecular complexity index is 975. The summed E-state index contributed by atoms with van der Waals surface area (Å²) in [6.07, 6.45) is 15.7. The summed E-state index contributed by atoms with van der Waals surface area (Å²) in [5.74, 6) is 2.61. The van der Waals surface area contributed by atoms with E-state index in [1.807, 2.05) is 18.2 Å². The largest absolute Gasteiger partial charge is 0.383 e. The third-order valence-electron chi connectivity index (χ3n) is 8.71. The second-order valence-electron chi connectivity index (χ2n) is 11.2. The fourth-order valence-corrected chi connectivity index (χ4v) is 6.34. The van der Waals surface area contributed by atoms with Crippen molar-refractivity contribution in [3.63, 3.8) is 0 Å². The first-order chi connectivity index (χ1) is 18.0. The number of halogens is 2. The van der Waals surface area contributed by atoms with Crippen molar-refractivity contribution in [2.24, 2.45) is 11.8 Å². The van der Waals surface area contributed by atoms with Gasteiger partial charge in [-0.25, -0.2) is 0 Å². The Hall–Kier alpha value is -2.26. The van der Waals surface area contributed by atoms with Crippen molar-refractivity contribution in [3.05, 3.63) is 95.6 Å². The number of ether oxygens (including phenoxy) is 1. The van der Waals surface area contributed by atoms with Crippen molar-refractivity contribution >= 4 is 0 Å². The van der Waals surface area contributed by atoms with E-state index < -0.39 is 6.11 Å². The molecular formula is C34H44F2O. The van der Waals surface area contributed by atoms with Crippen molar-refractivity contribution in [1.29, 1.82) is 0 Å². The summed E-state index contributed by atoms with van der Waals surface area (Å²) >= 11 is 0. The Balaban J connectivity index is 1.22. The minimum absolute atomic E-state index is 0.00270. The lowest BCUT2D eigenvalue weighted by molar-refractivity contribution is -0.248. The molecule has 1 nitrogen and oxygen atoms in total. The SMILES string of the molecule is C=CCC[C@H]1CC[C@H](c2ccc(C(F)(F)OCCc3ccc([C@H]4CC[C@H](/C=C/C)CC4)cc3)cc2)CC1. The van der Waals surface area contributed by atoms with Crippen LogP contribution in [0.15, 0.2) is 73.3 Å². The molecule has 4 rings (SSSR count). The molecule has 2 fully saturated rings. The molecule has 200 valence electrons. The van der Waals surface area contributed by atoms with Crippen molar-refractivity contribution in [3.8, 4) is 0 Å². The molecule has 0 bridgehead atoms. The van der Waals surface area contributed by atoms with Gasteiger partial charge in [-0.2, -0.15) is 8.78 Å². The van der Waals surface area contributed by atoms with Gasteiger partial charge in [0, 0.05) is 0 Å². The molecule has 0 saturated heterocycles. The van der Waals surface area contributed by atoms with Crippen LogP contribution in [0.4, 0.5) is 8.78 Å². The molecule has 0 N–H and O–H groups in total. The predicted octanol–water partition coefficient (Wildman–Crippen LogP) is 10.1. The number of rotatable bonds is 11. The Morgan fingerprint density at radius 1 is 0.838 bits per heavy atom. The summed E-state index contributed by atoms with van der Waals surface area (Å²) in [5, 5.41) is 0. The monoisotopic (exact) mass is 506 g/mol. The standard InChI is InChI=1S/C34H44F2O/c1-3-5-7-27-10-16-31(17-11-27)32-20-22-33(23-21-32)34(35,36)37-25-24-28-12-18-30(19-13-28)29-14-8-26(6-4-2)9-15-29/h3-4,6,12-13,18-23,26-27,29,31H,1,5,7-11,14-17,24-25H2,2H3/b6-4+/t26-,27-,29-,31-. The smallest absolute Gasteiger partial charge is 0.316 e. The maximum absolute atomic E-state index is 14.8. The number of hydrogen-bond acceptors (Lipinski definition) is 1. The van der Waals surface area contributed by atoms with E-state index in [2.05, 4.69) is 49.9 Å². The first-order valence-corrected chi connectivity index (χ1v) is 14.4. The van der Waals surface area contributed by atoms with Gasteiger partial charge in [0.15, 0.2) is 0 Å². The minimum Gasteiger partial charge on any atom is -0.316 e. The van der Waals surface area contributed by atoms with Crippen LogP contribution in [0.3, 0.4) is 0 Å². The molecule has 3 heteroatoms.